The van der Waals surface area contributed by atoms with Crippen molar-refractivity contribution < 1.29 is 4.79 Å². The van der Waals surface area contributed by atoms with Crippen LogP contribution in [0.15, 0.2) is 53.9 Å². The Balaban J connectivity index is 0.00000281. The van der Waals surface area contributed by atoms with Crippen LogP contribution in [0.25, 0.3) is 0 Å². The highest BCUT2D eigenvalue weighted by atomic mass is 16.1. The summed E-state index contributed by atoms with van der Waals surface area (Å²) in [7, 11) is 3.70. The first kappa shape index (κ1) is 28.5. The highest BCUT2D eigenvalue weighted by Crippen LogP contribution is 2.23. The zero-order valence-electron chi connectivity index (χ0n) is 21.7. The van der Waals surface area contributed by atoms with Crippen LogP contribution in [0.3, 0.4) is 0 Å². The Labute approximate surface area is 204 Å². The van der Waals surface area contributed by atoms with Crippen LogP contribution in [-0.4, -0.2) is 35.0 Å². The number of carbonyl (C=O) groups excluding carboxylic acids is 1. The van der Waals surface area contributed by atoms with E-state index in [1.165, 1.54) is 0 Å². The van der Waals surface area contributed by atoms with Gasteiger partial charge in [-0.05, 0) is 51.8 Å². The van der Waals surface area contributed by atoms with E-state index in [4.69, 9.17) is 0 Å². The monoisotopic (exact) mass is 467 g/mol. The number of carbonyl (C=O) groups is 1. The Morgan fingerprint density at radius 3 is 2.56 bits per heavy atom. The van der Waals surface area contributed by atoms with Crippen LogP contribution in [0.2, 0.25) is 0 Å². The minimum Gasteiger partial charge on any atom is -0.386 e. The lowest BCUT2D eigenvalue weighted by molar-refractivity contribution is 0.0951. The van der Waals surface area contributed by atoms with E-state index in [0.717, 1.165) is 46.9 Å². The number of hydrazone groups is 1. The normalized spacial score (nSPS) is 11.3. The topological polar surface area (TPSA) is 95.4 Å². The highest BCUT2D eigenvalue weighted by Gasteiger charge is 2.11. The molecule has 0 aliphatic carbocycles. The molecular formula is C26H41N7O. The van der Waals surface area contributed by atoms with Crippen molar-refractivity contribution in [3.8, 4) is 0 Å². The summed E-state index contributed by atoms with van der Waals surface area (Å²) in [6, 6.07) is 5.55. The van der Waals surface area contributed by atoms with E-state index in [0.29, 0.717) is 18.7 Å². The minimum absolute atomic E-state index is 0.128. The number of aryl methyl sites for hydroxylation is 2. The van der Waals surface area contributed by atoms with Gasteiger partial charge in [0.15, 0.2) is 0 Å². The molecule has 0 saturated heterocycles. The standard InChI is InChI=1S/C24H35N7O.C2H6/c1-7-8-9-10-17(2)28-29-18(3)14-26-22-12-11-20(13-23(22)25-5)24(32)27-15-21-16-31(6)30-19(21)4;1-2/h7,10-13,16,25-26,28H,1,8-9,14-15H2,2-6H3,(H,27,32);1-2H3/b17-10+,29-18+;. The highest BCUT2D eigenvalue weighted by molar-refractivity contribution is 5.96. The summed E-state index contributed by atoms with van der Waals surface area (Å²) in [6.07, 6.45) is 7.82. The van der Waals surface area contributed by atoms with Crippen LogP contribution in [0.1, 0.15) is 62.2 Å². The molecule has 0 aliphatic heterocycles. The average Bonchev–Trinajstić information content (AvgIpc) is 3.17. The van der Waals surface area contributed by atoms with Gasteiger partial charge >= 0.3 is 0 Å². The lowest BCUT2D eigenvalue weighted by Gasteiger charge is -2.14. The molecule has 0 fully saturated rings. The van der Waals surface area contributed by atoms with Crippen LogP contribution < -0.4 is 21.4 Å². The number of anilines is 2. The Hall–Kier alpha value is -3.55. The van der Waals surface area contributed by atoms with E-state index in [2.05, 4.69) is 44.2 Å². The maximum absolute atomic E-state index is 12.6. The second kappa shape index (κ2) is 15.3. The van der Waals surface area contributed by atoms with E-state index >= 15 is 0 Å². The molecule has 0 atom stereocenters. The van der Waals surface area contributed by atoms with Crippen LogP contribution in [0.5, 0.6) is 0 Å². The van der Waals surface area contributed by atoms with E-state index in [1.54, 1.807) is 4.68 Å². The molecule has 0 saturated carbocycles. The van der Waals surface area contributed by atoms with E-state index in [1.807, 2.05) is 79.2 Å². The summed E-state index contributed by atoms with van der Waals surface area (Å²) in [4.78, 5) is 12.6. The fraction of sp³-hybridized carbons (Fsp3) is 0.423. The molecule has 1 amide bonds. The van der Waals surface area contributed by atoms with Crippen LogP contribution in [0.4, 0.5) is 11.4 Å². The Kier molecular flexibility index (Phi) is 12.8. The van der Waals surface area contributed by atoms with E-state index in [-0.39, 0.29) is 5.91 Å². The molecule has 0 unspecified atom stereocenters. The summed E-state index contributed by atoms with van der Waals surface area (Å²) in [5, 5.41) is 18.2. The summed E-state index contributed by atoms with van der Waals surface area (Å²) < 4.78 is 1.75. The zero-order chi connectivity index (χ0) is 25.5. The lowest BCUT2D eigenvalue weighted by atomic mass is 10.1. The number of nitrogens with zero attached hydrogens (tertiary/aromatic N) is 3. The van der Waals surface area contributed by atoms with Gasteiger partial charge in [0.05, 0.1) is 29.3 Å². The largest absolute Gasteiger partial charge is 0.386 e. The van der Waals surface area contributed by atoms with Gasteiger partial charge < -0.3 is 16.0 Å². The minimum atomic E-state index is -0.128. The molecule has 1 heterocycles. The van der Waals surface area contributed by atoms with Crippen molar-refractivity contribution in [1.29, 1.82) is 0 Å². The van der Waals surface area contributed by atoms with Gasteiger partial charge in [-0.25, -0.2) is 0 Å². The molecule has 2 aromatic rings. The van der Waals surface area contributed by atoms with Crippen molar-refractivity contribution in [3.63, 3.8) is 0 Å². The van der Waals surface area contributed by atoms with Crippen molar-refractivity contribution in [2.75, 3.05) is 24.2 Å². The molecule has 0 bridgehead atoms. The van der Waals surface area contributed by atoms with Gasteiger partial charge in [0.1, 0.15) is 0 Å². The molecular weight excluding hydrogens is 426 g/mol. The first-order valence-corrected chi connectivity index (χ1v) is 11.7. The number of rotatable bonds is 12. The predicted molar refractivity (Wildman–Crippen MR) is 144 cm³/mol. The smallest absolute Gasteiger partial charge is 0.251 e. The van der Waals surface area contributed by atoms with Crippen LogP contribution in [0, 0.1) is 6.92 Å². The fourth-order valence-electron chi connectivity index (χ4n) is 3.06. The lowest BCUT2D eigenvalue weighted by Crippen LogP contribution is -2.23. The second-order valence-electron chi connectivity index (χ2n) is 7.67. The molecule has 4 N–H and O–H groups in total. The van der Waals surface area contributed by atoms with Gasteiger partial charge in [-0.15, -0.1) is 6.58 Å². The van der Waals surface area contributed by atoms with Crippen molar-refractivity contribution in [2.24, 2.45) is 12.1 Å². The van der Waals surface area contributed by atoms with Crippen molar-refractivity contribution in [2.45, 2.75) is 54.0 Å². The number of hydrogen-bond donors (Lipinski definition) is 4. The number of nitrogens with one attached hydrogen (secondary N) is 4. The predicted octanol–water partition coefficient (Wildman–Crippen LogP) is 4.97. The molecule has 34 heavy (non-hydrogen) atoms. The van der Waals surface area contributed by atoms with Gasteiger partial charge in [-0.1, -0.05) is 26.0 Å². The number of benzene rings is 1. The van der Waals surface area contributed by atoms with Crippen molar-refractivity contribution >= 4 is 23.0 Å². The summed E-state index contributed by atoms with van der Waals surface area (Å²) in [6.45, 7) is 14.6. The summed E-state index contributed by atoms with van der Waals surface area (Å²) in [5.41, 5.74) is 9.24. The number of amides is 1. The SMILES string of the molecule is C=CCC/C=C(\C)N/N=C(\C)CNc1ccc(C(=O)NCc2cn(C)nc2C)cc1NC.CC. The van der Waals surface area contributed by atoms with Gasteiger partial charge in [0.25, 0.3) is 5.91 Å². The molecule has 0 spiro atoms. The third kappa shape index (κ3) is 9.52. The average molecular weight is 468 g/mol. The Morgan fingerprint density at radius 2 is 1.94 bits per heavy atom. The number of allylic oxidation sites excluding steroid dienone is 3. The Bertz CT molecular complexity index is 989. The van der Waals surface area contributed by atoms with E-state index in [9.17, 15) is 4.79 Å². The van der Waals surface area contributed by atoms with E-state index < -0.39 is 0 Å². The second-order valence-corrected chi connectivity index (χ2v) is 7.67. The quantitative estimate of drug-likeness (QED) is 0.153. The van der Waals surface area contributed by atoms with Crippen LogP contribution in [-0.2, 0) is 13.6 Å². The molecule has 2 rings (SSSR count). The third-order valence-corrected chi connectivity index (χ3v) is 4.88. The maximum Gasteiger partial charge on any atom is 0.251 e. The fourth-order valence-corrected chi connectivity index (χ4v) is 3.06. The van der Waals surface area contributed by atoms with Crippen molar-refractivity contribution in [3.05, 3.63) is 65.6 Å². The zero-order valence-corrected chi connectivity index (χ0v) is 21.7. The number of aromatic nitrogens is 2. The summed E-state index contributed by atoms with van der Waals surface area (Å²) in [5.74, 6) is -0.128. The molecule has 0 radical (unpaired) electrons. The molecule has 8 nitrogen and oxygen atoms in total. The number of hydrogen-bond acceptors (Lipinski definition) is 6. The first-order chi connectivity index (χ1) is 16.3. The van der Waals surface area contributed by atoms with Gasteiger partial charge in [0.2, 0.25) is 0 Å². The first-order valence-electron chi connectivity index (χ1n) is 11.7. The summed E-state index contributed by atoms with van der Waals surface area (Å²) >= 11 is 0. The van der Waals surface area contributed by atoms with Crippen LogP contribution >= 0.6 is 0 Å². The molecule has 1 aromatic carbocycles. The van der Waals surface area contributed by atoms with Crippen molar-refractivity contribution in [1.82, 2.24) is 20.5 Å². The molecule has 0 aliphatic rings. The van der Waals surface area contributed by atoms with Gasteiger partial charge in [-0.3, -0.25) is 14.9 Å². The molecule has 186 valence electrons. The molecule has 8 heteroatoms. The molecule has 1 aromatic heterocycles. The van der Waals surface area contributed by atoms with Gasteiger partial charge in [-0.2, -0.15) is 10.2 Å². The van der Waals surface area contributed by atoms with Gasteiger partial charge in [0, 0.05) is 43.7 Å². The maximum atomic E-state index is 12.6. The third-order valence-electron chi connectivity index (χ3n) is 4.88. The Morgan fingerprint density at radius 1 is 1.21 bits per heavy atom. The number of unbranched alkanes of at least 4 members (excludes halogenated alkanes) is 1.